The van der Waals surface area contributed by atoms with Crippen molar-refractivity contribution in [1.29, 1.82) is 0 Å². The number of carbonyl (C=O) groups excluding carboxylic acids is 1. The second-order valence-electron chi connectivity index (χ2n) is 5.34. The van der Waals surface area contributed by atoms with E-state index in [0.29, 0.717) is 23.7 Å². The molecule has 0 aliphatic rings. The molecule has 0 saturated carbocycles. The predicted octanol–water partition coefficient (Wildman–Crippen LogP) is 3.70. The third-order valence-electron chi connectivity index (χ3n) is 3.22. The van der Waals surface area contributed by atoms with Gasteiger partial charge in [-0.25, -0.2) is 13.1 Å². The SMILES string of the molecule is CCCNS(=O)(=O)c1ccc(OCC(=O)Nc2cccc(Cl)c2)c(Cl)c1. The van der Waals surface area contributed by atoms with Crippen LogP contribution in [0.1, 0.15) is 13.3 Å². The molecule has 0 saturated heterocycles. The largest absolute Gasteiger partial charge is 0.482 e. The van der Waals surface area contributed by atoms with Crippen molar-refractivity contribution >= 4 is 44.8 Å². The highest BCUT2D eigenvalue weighted by atomic mass is 35.5. The molecule has 2 N–H and O–H groups in total. The molecule has 0 bridgehead atoms. The summed E-state index contributed by atoms with van der Waals surface area (Å²) in [7, 11) is -3.62. The fourth-order valence-corrected chi connectivity index (χ4v) is 3.64. The number of amides is 1. The third-order valence-corrected chi connectivity index (χ3v) is 5.21. The molecule has 0 unspecified atom stereocenters. The summed E-state index contributed by atoms with van der Waals surface area (Å²) in [5, 5.41) is 3.23. The zero-order valence-corrected chi connectivity index (χ0v) is 16.3. The summed E-state index contributed by atoms with van der Waals surface area (Å²) in [6.45, 7) is 1.91. The van der Waals surface area contributed by atoms with Crippen LogP contribution < -0.4 is 14.8 Å². The summed E-state index contributed by atoms with van der Waals surface area (Å²) in [4.78, 5) is 12.0. The lowest BCUT2D eigenvalue weighted by Crippen LogP contribution is -2.24. The van der Waals surface area contributed by atoms with E-state index in [9.17, 15) is 13.2 Å². The Balaban J connectivity index is 1.98. The summed E-state index contributed by atoms with van der Waals surface area (Å²) in [6.07, 6.45) is 0.676. The highest BCUT2D eigenvalue weighted by Gasteiger charge is 2.16. The Hall–Kier alpha value is -1.80. The molecule has 0 aliphatic carbocycles. The summed E-state index contributed by atoms with van der Waals surface area (Å²) < 4.78 is 31.9. The lowest BCUT2D eigenvalue weighted by atomic mass is 10.3. The summed E-state index contributed by atoms with van der Waals surface area (Å²) in [5.74, 6) is -0.188. The topological polar surface area (TPSA) is 84.5 Å². The average Bonchev–Trinajstić information content (AvgIpc) is 2.59. The molecule has 2 rings (SSSR count). The van der Waals surface area contributed by atoms with E-state index in [0.717, 1.165) is 0 Å². The second-order valence-corrected chi connectivity index (χ2v) is 7.95. The number of hydrogen-bond donors (Lipinski definition) is 2. The number of halogens is 2. The van der Waals surface area contributed by atoms with Gasteiger partial charge >= 0.3 is 0 Å². The standard InChI is InChI=1S/C17H18Cl2N2O4S/c1-2-8-20-26(23,24)14-6-7-16(15(19)10-14)25-11-17(22)21-13-5-3-4-12(18)9-13/h3-7,9-10,20H,2,8,11H2,1H3,(H,21,22). The molecule has 0 fully saturated rings. The molecule has 9 heteroatoms. The Morgan fingerprint density at radius 2 is 1.92 bits per heavy atom. The van der Waals surface area contributed by atoms with E-state index in [1.54, 1.807) is 24.3 Å². The Labute approximate surface area is 162 Å². The van der Waals surface area contributed by atoms with E-state index < -0.39 is 15.9 Å². The predicted molar refractivity (Wildman–Crippen MR) is 103 cm³/mol. The van der Waals surface area contributed by atoms with Gasteiger partial charge in [0.25, 0.3) is 5.91 Å². The number of nitrogens with one attached hydrogen (secondary N) is 2. The van der Waals surface area contributed by atoms with Crippen LogP contribution in [-0.4, -0.2) is 27.5 Å². The second kappa shape index (κ2) is 9.23. The smallest absolute Gasteiger partial charge is 0.262 e. The van der Waals surface area contributed by atoms with Gasteiger partial charge in [0.15, 0.2) is 6.61 Å². The van der Waals surface area contributed by atoms with Crippen molar-refractivity contribution in [2.24, 2.45) is 0 Å². The van der Waals surface area contributed by atoms with Gasteiger partial charge in [-0.2, -0.15) is 0 Å². The van der Waals surface area contributed by atoms with Crippen LogP contribution in [0, 0.1) is 0 Å². The Morgan fingerprint density at radius 1 is 1.15 bits per heavy atom. The summed E-state index contributed by atoms with van der Waals surface area (Å²) >= 11 is 11.9. The van der Waals surface area contributed by atoms with Crippen molar-refractivity contribution in [3.8, 4) is 5.75 Å². The van der Waals surface area contributed by atoms with E-state index in [1.807, 2.05) is 6.92 Å². The van der Waals surface area contributed by atoms with Crippen molar-refractivity contribution in [3.05, 3.63) is 52.5 Å². The van der Waals surface area contributed by atoms with Crippen molar-refractivity contribution in [2.75, 3.05) is 18.5 Å². The minimum Gasteiger partial charge on any atom is -0.482 e. The number of ether oxygens (including phenoxy) is 1. The van der Waals surface area contributed by atoms with E-state index in [4.69, 9.17) is 27.9 Å². The van der Waals surface area contributed by atoms with Crippen molar-refractivity contribution in [2.45, 2.75) is 18.2 Å². The molecular weight excluding hydrogens is 399 g/mol. The maximum atomic E-state index is 12.1. The van der Waals surface area contributed by atoms with Crippen molar-refractivity contribution in [1.82, 2.24) is 4.72 Å². The number of rotatable bonds is 8. The number of sulfonamides is 1. The average molecular weight is 417 g/mol. The highest BCUT2D eigenvalue weighted by molar-refractivity contribution is 7.89. The first-order chi connectivity index (χ1) is 12.3. The Bertz CT molecular complexity index is 888. The lowest BCUT2D eigenvalue weighted by Gasteiger charge is -2.11. The fraction of sp³-hybridized carbons (Fsp3) is 0.235. The normalized spacial score (nSPS) is 11.2. The van der Waals surface area contributed by atoms with Gasteiger partial charge in [-0.05, 0) is 42.8 Å². The molecule has 0 spiro atoms. The number of hydrogen-bond acceptors (Lipinski definition) is 4. The van der Waals surface area contributed by atoms with Crippen molar-refractivity contribution in [3.63, 3.8) is 0 Å². The monoisotopic (exact) mass is 416 g/mol. The molecule has 0 aromatic heterocycles. The molecule has 0 aliphatic heterocycles. The first-order valence-corrected chi connectivity index (χ1v) is 10.0. The van der Waals surface area contributed by atoms with Gasteiger partial charge in [0, 0.05) is 17.3 Å². The summed E-state index contributed by atoms with van der Waals surface area (Å²) in [5.41, 5.74) is 0.542. The molecule has 26 heavy (non-hydrogen) atoms. The van der Waals surface area contributed by atoms with Gasteiger partial charge in [-0.1, -0.05) is 36.2 Å². The maximum Gasteiger partial charge on any atom is 0.262 e. The summed E-state index contributed by atoms with van der Waals surface area (Å²) in [6, 6.07) is 10.8. The molecule has 0 heterocycles. The Kier molecular flexibility index (Phi) is 7.28. The number of carbonyl (C=O) groups is 1. The minimum atomic E-state index is -3.62. The van der Waals surface area contributed by atoms with E-state index in [2.05, 4.69) is 10.0 Å². The molecule has 0 atom stereocenters. The third kappa shape index (κ3) is 5.88. The zero-order chi connectivity index (χ0) is 19.2. The van der Waals surface area contributed by atoms with Crippen LogP contribution in [0.25, 0.3) is 0 Å². The highest BCUT2D eigenvalue weighted by Crippen LogP contribution is 2.27. The van der Waals surface area contributed by atoms with E-state index in [1.165, 1.54) is 18.2 Å². The van der Waals surface area contributed by atoms with Crippen LogP contribution in [0.4, 0.5) is 5.69 Å². The van der Waals surface area contributed by atoms with Gasteiger partial charge in [0.1, 0.15) is 5.75 Å². The number of anilines is 1. The number of benzene rings is 2. The maximum absolute atomic E-state index is 12.1. The minimum absolute atomic E-state index is 0.0340. The van der Waals surface area contributed by atoms with Gasteiger partial charge in [0.2, 0.25) is 10.0 Å². The molecule has 0 radical (unpaired) electrons. The molecule has 6 nitrogen and oxygen atoms in total. The van der Waals surface area contributed by atoms with E-state index >= 15 is 0 Å². The van der Waals surface area contributed by atoms with Gasteiger partial charge < -0.3 is 10.1 Å². The van der Waals surface area contributed by atoms with Gasteiger partial charge in [-0.3, -0.25) is 4.79 Å². The van der Waals surface area contributed by atoms with Gasteiger partial charge in [-0.15, -0.1) is 0 Å². The first-order valence-electron chi connectivity index (χ1n) is 7.79. The fourth-order valence-electron chi connectivity index (χ4n) is 1.99. The van der Waals surface area contributed by atoms with Crippen LogP contribution >= 0.6 is 23.2 Å². The van der Waals surface area contributed by atoms with E-state index in [-0.39, 0.29) is 22.3 Å². The molecule has 1 amide bonds. The van der Waals surface area contributed by atoms with Crippen LogP contribution in [0.3, 0.4) is 0 Å². The Morgan fingerprint density at radius 3 is 2.58 bits per heavy atom. The van der Waals surface area contributed by atoms with Crippen LogP contribution in [0.5, 0.6) is 5.75 Å². The molecule has 2 aromatic rings. The van der Waals surface area contributed by atoms with Crippen LogP contribution in [0.15, 0.2) is 47.4 Å². The zero-order valence-electron chi connectivity index (χ0n) is 14.0. The lowest BCUT2D eigenvalue weighted by molar-refractivity contribution is -0.118. The van der Waals surface area contributed by atoms with Gasteiger partial charge in [0.05, 0.1) is 9.92 Å². The molecule has 140 valence electrons. The van der Waals surface area contributed by atoms with Crippen LogP contribution in [-0.2, 0) is 14.8 Å². The first kappa shape index (κ1) is 20.5. The quantitative estimate of drug-likeness (QED) is 0.686. The van der Waals surface area contributed by atoms with Crippen LogP contribution in [0.2, 0.25) is 10.0 Å². The van der Waals surface area contributed by atoms with Crippen molar-refractivity contribution < 1.29 is 17.9 Å². The molecule has 2 aromatic carbocycles. The molecular formula is C17H18Cl2N2O4S.